The molecule has 0 aromatic heterocycles. The maximum Gasteiger partial charge on any atom is 0.0637 e. The number of hydrogen-bond acceptors (Lipinski definition) is 3. The lowest BCUT2D eigenvalue weighted by molar-refractivity contribution is 0.00693. The van der Waals surface area contributed by atoms with Crippen molar-refractivity contribution in [1.82, 2.24) is 5.32 Å². The third-order valence-electron chi connectivity index (χ3n) is 2.34. The molecular formula is C11H25NO2. The number of rotatable bonds is 7. The van der Waals surface area contributed by atoms with Gasteiger partial charge in [-0.25, -0.2) is 0 Å². The van der Waals surface area contributed by atoms with Gasteiger partial charge < -0.3 is 14.8 Å². The molecule has 0 aliphatic carbocycles. The fraction of sp³-hybridized carbons (Fsp3) is 1.00. The lowest BCUT2D eigenvalue weighted by Gasteiger charge is -2.28. The van der Waals surface area contributed by atoms with Gasteiger partial charge in [-0.2, -0.15) is 0 Å². The van der Waals surface area contributed by atoms with E-state index in [2.05, 4.69) is 33.0 Å². The third kappa shape index (κ3) is 6.35. The van der Waals surface area contributed by atoms with E-state index in [0.717, 1.165) is 13.0 Å². The highest BCUT2D eigenvalue weighted by molar-refractivity contribution is 4.77. The van der Waals surface area contributed by atoms with Crippen molar-refractivity contribution in [2.45, 2.75) is 51.8 Å². The molecule has 0 radical (unpaired) electrons. The molecule has 0 bridgehead atoms. The molecule has 0 aromatic rings. The lowest BCUT2D eigenvalue weighted by atomic mass is 9.99. The van der Waals surface area contributed by atoms with Gasteiger partial charge in [0.15, 0.2) is 0 Å². The second kappa shape index (κ2) is 6.38. The molecule has 0 unspecified atom stereocenters. The molecule has 86 valence electrons. The molecule has 0 saturated heterocycles. The van der Waals surface area contributed by atoms with Crippen LogP contribution >= 0.6 is 0 Å². The molecule has 1 N–H and O–H groups in total. The highest BCUT2D eigenvalue weighted by Crippen LogP contribution is 2.15. The first kappa shape index (κ1) is 13.9. The molecule has 3 nitrogen and oxygen atoms in total. The van der Waals surface area contributed by atoms with Crippen molar-refractivity contribution in [2.24, 2.45) is 0 Å². The first-order valence-corrected chi connectivity index (χ1v) is 5.21. The van der Waals surface area contributed by atoms with Crippen LogP contribution in [0.25, 0.3) is 0 Å². The summed E-state index contributed by atoms with van der Waals surface area (Å²) in [5, 5.41) is 3.47. The van der Waals surface area contributed by atoms with Crippen LogP contribution in [0.2, 0.25) is 0 Å². The average molecular weight is 203 g/mol. The average Bonchev–Trinajstić information content (AvgIpc) is 2.03. The van der Waals surface area contributed by atoms with Gasteiger partial charge in [0.1, 0.15) is 0 Å². The molecular weight excluding hydrogens is 178 g/mol. The molecule has 3 heteroatoms. The van der Waals surface area contributed by atoms with Gasteiger partial charge in [0, 0.05) is 26.3 Å². The van der Waals surface area contributed by atoms with Crippen LogP contribution in [-0.2, 0) is 9.47 Å². The molecule has 0 fully saturated rings. The number of nitrogens with one attached hydrogen (secondary N) is 1. The standard InChI is InChI=1S/C11H25NO2/c1-9(7-11(3,4)14-6)12-10(2)8-13-5/h9-10,12H,7-8H2,1-6H3/t9-,10-/m0/s1. The van der Waals surface area contributed by atoms with Gasteiger partial charge in [0.2, 0.25) is 0 Å². The molecule has 0 saturated carbocycles. The molecule has 0 aromatic carbocycles. The van der Waals surface area contributed by atoms with Crippen molar-refractivity contribution in [2.75, 3.05) is 20.8 Å². The summed E-state index contributed by atoms with van der Waals surface area (Å²) in [7, 11) is 3.48. The monoisotopic (exact) mass is 203 g/mol. The Labute approximate surface area is 88.2 Å². The highest BCUT2D eigenvalue weighted by atomic mass is 16.5. The summed E-state index contributed by atoms with van der Waals surface area (Å²) in [6, 6.07) is 0.831. The SMILES string of the molecule is COC[C@H](C)N[C@@H](C)CC(C)(C)OC. The van der Waals surface area contributed by atoms with E-state index in [1.807, 2.05) is 0 Å². The third-order valence-corrected chi connectivity index (χ3v) is 2.34. The quantitative estimate of drug-likeness (QED) is 0.684. The largest absolute Gasteiger partial charge is 0.383 e. The van der Waals surface area contributed by atoms with E-state index >= 15 is 0 Å². The van der Waals surface area contributed by atoms with E-state index in [0.29, 0.717) is 12.1 Å². The fourth-order valence-corrected chi connectivity index (χ4v) is 1.66. The first-order valence-electron chi connectivity index (χ1n) is 5.21. The van der Waals surface area contributed by atoms with E-state index in [9.17, 15) is 0 Å². The maximum atomic E-state index is 5.38. The smallest absolute Gasteiger partial charge is 0.0637 e. The summed E-state index contributed by atoms with van der Waals surface area (Å²) in [4.78, 5) is 0. The fourth-order valence-electron chi connectivity index (χ4n) is 1.66. The Morgan fingerprint density at radius 3 is 2.14 bits per heavy atom. The van der Waals surface area contributed by atoms with E-state index in [1.165, 1.54) is 0 Å². The summed E-state index contributed by atoms with van der Waals surface area (Å²) in [6.07, 6.45) is 0.998. The summed E-state index contributed by atoms with van der Waals surface area (Å²) in [5.74, 6) is 0. The predicted octanol–water partition coefficient (Wildman–Crippen LogP) is 1.81. The van der Waals surface area contributed by atoms with Crippen LogP contribution in [0.15, 0.2) is 0 Å². The zero-order chi connectivity index (χ0) is 11.2. The Hall–Kier alpha value is -0.120. The van der Waals surface area contributed by atoms with E-state index < -0.39 is 0 Å². The molecule has 0 amide bonds. The van der Waals surface area contributed by atoms with Crippen LogP contribution in [0.4, 0.5) is 0 Å². The minimum absolute atomic E-state index is 0.0563. The second-order valence-electron chi connectivity index (χ2n) is 4.59. The van der Waals surface area contributed by atoms with Crippen LogP contribution in [0.5, 0.6) is 0 Å². The molecule has 0 aliphatic heterocycles. The Kier molecular flexibility index (Phi) is 6.33. The Morgan fingerprint density at radius 2 is 1.71 bits per heavy atom. The molecule has 14 heavy (non-hydrogen) atoms. The second-order valence-corrected chi connectivity index (χ2v) is 4.59. The van der Waals surface area contributed by atoms with Gasteiger partial charge in [-0.15, -0.1) is 0 Å². The van der Waals surface area contributed by atoms with Crippen LogP contribution < -0.4 is 5.32 Å². The van der Waals surface area contributed by atoms with Crippen molar-refractivity contribution in [3.05, 3.63) is 0 Å². The van der Waals surface area contributed by atoms with Crippen molar-refractivity contribution < 1.29 is 9.47 Å². The molecule has 0 heterocycles. The van der Waals surface area contributed by atoms with Crippen molar-refractivity contribution in [1.29, 1.82) is 0 Å². The molecule has 2 atom stereocenters. The van der Waals surface area contributed by atoms with Crippen molar-refractivity contribution in [3.8, 4) is 0 Å². The molecule has 0 aliphatic rings. The van der Waals surface area contributed by atoms with Gasteiger partial charge in [-0.1, -0.05) is 0 Å². The van der Waals surface area contributed by atoms with Gasteiger partial charge in [0.05, 0.1) is 12.2 Å². The van der Waals surface area contributed by atoms with E-state index in [-0.39, 0.29) is 5.60 Å². The van der Waals surface area contributed by atoms with Gasteiger partial charge in [-0.05, 0) is 34.1 Å². The van der Waals surface area contributed by atoms with E-state index in [4.69, 9.17) is 9.47 Å². The molecule has 0 rings (SSSR count). The van der Waals surface area contributed by atoms with Crippen LogP contribution in [0.1, 0.15) is 34.1 Å². The van der Waals surface area contributed by atoms with Crippen LogP contribution in [-0.4, -0.2) is 38.5 Å². The van der Waals surface area contributed by atoms with Crippen molar-refractivity contribution >= 4 is 0 Å². The first-order chi connectivity index (χ1) is 6.41. The predicted molar refractivity (Wildman–Crippen MR) is 59.6 cm³/mol. The van der Waals surface area contributed by atoms with Crippen LogP contribution in [0, 0.1) is 0 Å². The Bertz CT molecular complexity index is 148. The normalized spacial score (nSPS) is 16.7. The summed E-state index contributed by atoms with van der Waals surface area (Å²) < 4.78 is 10.4. The highest BCUT2D eigenvalue weighted by Gasteiger charge is 2.20. The molecule has 0 spiro atoms. The number of ether oxygens (including phenoxy) is 2. The van der Waals surface area contributed by atoms with E-state index in [1.54, 1.807) is 14.2 Å². The minimum Gasteiger partial charge on any atom is -0.383 e. The van der Waals surface area contributed by atoms with Crippen LogP contribution in [0.3, 0.4) is 0 Å². The number of hydrogen-bond donors (Lipinski definition) is 1. The maximum absolute atomic E-state index is 5.38. The van der Waals surface area contributed by atoms with Gasteiger partial charge in [0.25, 0.3) is 0 Å². The minimum atomic E-state index is -0.0563. The Balaban J connectivity index is 3.79. The summed E-state index contributed by atoms with van der Waals surface area (Å²) in [6.45, 7) is 9.25. The number of methoxy groups -OCH3 is 2. The van der Waals surface area contributed by atoms with Crippen molar-refractivity contribution in [3.63, 3.8) is 0 Å². The summed E-state index contributed by atoms with van der Waals surface area (Å²) >= 11 is 0. The lowest BCUT2D eigenvalue weighted by Crippen LogP contribution is -2.41. The zero-order valence-electron chi connectivity index (χ0n) is 10.4. The Morgan fingerprint density at radius 1 is 1.14 bits per heavy atom. The van der Waals surface area contributed by atoms with Gasteiger partial charge in [-0.3, -0.25) is 0 Å². The zero-order valence-corrected chi connectivity index (χ0v) is 10.4. The summed E-state index contributed by atoms with van der Waals surface area (Å²) in [5.41, 5.74) is -0.0563. The van der Waals surface area contributed by atoms with Gasteiger partial charge >= 0.3 is 0 Å². The topological polar surface area (TPSA) is 30.5 Å².